The second-order valence-corrected chi connectivity index (χ2v) is 5.40. The number of hydrogen-bond acceptors (Lipinski definition) is 4. The van der Waals surface area contributed by atoms with E-state index in [2.05, 4.69) is 22.9 Å². The maximum absolute atomic E-state index is 9.03. The first-order chi connectivity index (χ1) is 9.17. The summed E-state index contributed by atoms with van der Waals surface area (Å²) in [7, 11) is 2.04. The van der Waals surface area contributed by atoms with Crippen LogP contribution in [0.1, 0.15) is 44.6 Å². The summed E-state index contributed by atoms with van der Waals surface area (Å²) in [5.74, 6) is 1.62. The molecule has 0 amide bonds. The van der Waals surface area contributed by atoms with E-state index in [0.717, 1.165) is 11.7 Å². The van der Waals surface area contributed by atoms with Gasteiger partial charge in [-0.05, 0) is 37.7 Å². The Kier molecular flexibility index (Phi) is 4.26. The third-order valence-corrected chi connectivity index (χ3v) is 4.36. The van der Waals surface area contributed by atoms with Crippen LogP contribution in [0.3, 0.4) is 0 Å². The van der Waals surface area contributed by atoms with Crippen LogP contribution in [-0.2, 0) is 0 Å². The van der Waals surface area contributed by atoms with Crippen molar-refractivity contribution >= 4 is 11.5 Å². The fraction of sp³-hybridized carbons (Fsp3) is 0.600. The molecule has 0 bridgehead atoms. The molecule has 2 rings (SSSR count). The molecule has 4 nitrogen and oxygen atoms in total. The summed E-state index contributed by atoms with van der Waals surface area (Å²) in [6, 6.07) is 4.28. The van der Waals surface area contributed by atoms with E-state index in [1.807, 2.05) is 7.05 Å². The molecule has 1 aromatic heterocycles. The molecular formula is C15H22N4. The third kappa shape index (κ3) is 2.81. The molecule has 0 aliphatic heterocycles. The number of aromatic nitrogens is 1. The number of nitrogen functional groups attached to an aromatic ring is 1. The Bertz CT molecular complexity index is 470. The van der Waals surface area contributed by atoms with Gasteiger partial charge >= 0.3 is 0 Å². The summed E-state index contributed by atoms with van der Waals surface area (Å²) in [5.41, 5.74) is 7.05. The van der Waals surface area contributed by atoms with Gasteiger partial charge in [-0.25, -0.2) is 4.98 Å². The van der Waals surface area contributed by atoms with Crippen molar-refractivity contribution in [1.82, 2.24) is 4.98 Å². The van der Waals surface area contributed by atoms with E-state index < -0.39 is 0 Å². The van der Waals surface area contributed by atoms with Crippen molar-refractivity contribution in [2.45, 2.75) is 45.1 Å². The minimum atomic E-state index is 0.492. The predicted octanol–water partition coefficient (Wildman–Crippen LogP) is 2.94. The first-order valence-corrected chi connectivity index (χ1v) is 7.04. The average Bonchev–Trinajstić information content (AvgIpc) is 2.47. The molecule has 102 valence electrons. The van der Waals surface area contributed by atoms with Crippen molar-refractivity contribution in [1.29, 1.82) is 5.26 Å². The number of rotatable bonds is 3. The molecular weight excluding hydrogens is 236 g/mol. The zero-order valence-electron chi connectivity index (χ0n) is 11.8. The van der Waals surface area contributed by atoms with Gasteiger partial charge in [0.1, 0.15) is 6.07 Å². The van der Waals surface area contributed by atoms with Gasteiger partial charge in [-0.15, -0.1) is 0 Å². The van der Waals surface area contributed by atoms with Crippen molar-refractivity contribution < 1.29 is 0 Å². The Morgan fingerprint density at radius 1 is 1.42 bits per heavy atom. The molecule has 1 aliphatic rings. The average molecular weight is 258 g/mol. The zero-order chi connectivity index (χ0) is 13.8. The highest BCUT2D eigenvalue weighted by Gasteiger charge is 2.25. The fourth-order valence-corrected chi connectivity index (χ4v) is 2.95. The molecule has 1 heterocycles. The van der Waals surface area contributed by atoms with Crippen LogP contribution in [0.2, 0.25) is 0 Å². The lowest BCUT2D eigenvalue weighted by molar-refractivity contribution is 0.313. The predicted molar refractivity (Wildman–Crippen MR) is 77.8 cm³/mol. The van der Waals surface area contributed by atoms with E-state index >= 15 is 0 Å². The van der Waals surface area contributed by atoms with Crippen LogP contribution in [0.15, 0.2) is 12.3 Å². The third-order valence-electron chi connectivity index (χ3n) is 4.36. The van der Waals surface area contributed by atoms with Gasteiger partial charge < -0.3 is 10.6 Å². The Balaban J connectivity index is 2.13. The van der Waals surface area contributed by atoms with Crippen LogP contribution >= 0.6 is 0 Å². The number of hydrogen-bond donors (Lipinski definition) is 1. The zero-order valence-corrected chi connectivity index (χ0v) is 11.8. The minimum Gasteiger partial charge on any atom is -0.395 e. The Morgan fingerprint density at radius 2 is 2.11 bits per heavy atom. The Hall–Kier alpha value is -1.76. The van der Waals surface area contributed by atoms with Crippen molar-refractivity contribution in [3.8, 4) is 6.07 Å². The molecule has 4 heteroatoms. The summed E-state index contributed by atoms with van der Waals surface area (Å²) in [5, 5.41) is 9.03. The van der Waals surface area contributed by atoms with Gasteiger partial charge in [-0.2, -0.15) is 5.26 Å². The second kappa shape index (κ2) is 5.92. The summed E-state index contributed by atoms with van der Waals surface area (Å²) >= 11 is 0. The first-order valence-electron chi connectivity index (χ1n) is 7.04. The van der Waals surface area contributed by atoms with E-state index in [0.29, 0.717) is 17.3 Å². The second-order valence-electron chi connectivity index (χ2n) is 5.40. The van der Waals surface area contributed by atoms with E-state index in [1.165, 1.54) is 32.1 Å². The molecule has 0 spiro atoms. The van der Waals surface area contributed by atoms with E-state index in [1.54, 1.807) is 12.3 Å². The molecule has 0 unspecified atom stereocenters. The lowest BCUT2D eigenvalue weighted by Gasteiger charge is -2.35. The molecule has 1 saturated carbocycles. The number of nitrogens with zero attached hydrogens (tertiary/aromatic N) is 3. The van der Waals surface area contributed by atoms with Crippen LogP contribution in [0, 0.1) is 17.2 Å². The largest absolute Gasteiger partial charge is 0.395 e. The number of nitriles is 1. The highest BCUT2D eigenvalue weighted by Crippen LogP contribution is 2.32. The highest BCUT2D eigenvalue weighted by molar-refractivity contribution is 5.70. The standard InChI is InChI=1S/C15H22N4/c1-3-11-4-6-13(7-5-11)19(2)15-14(17)12(10-16)8-9-18-15/h8-9,11,13H,3-7,17H2,1-2H3. The molecule has 19 heavy (non-hydrogen) atoms. The van der Waals surface area contributed by atoms with Gasteiger partial charge in [-0.1, -0.05) is 13.3 Å². The van der Waals surface area contributed by atoms with Gasteiger partial charge in [0, 0.05) is 19.3 Å². The number of anilines is 2. The normalized spacial score (nSPS) is 22.8. The van der Waals surface area contributed by atoms with Crippen molar-refractivity contribution in [3.05, 3.63) is 17.8 Å². The quantitative estimate of drug-likeness (QED) is 0.905. The summed E-state index contributed by atoms with van der Waals surface area (Å²) in [6.45, 7) is 2.27. The lowest BCUT2D eigenvalue weighted by atomic mass is 9.84. The topological polar surface area (TPSA) is 65.9 Å². The minimum absolute atomic E-state index is 0.492. The van der Waals surface area contributed by atoms with Crippen LogP contribution < -0.4 is 10.6 Å². The van der Waals surface area contributed by atoms with Crippen molar-refractivity contribution in [2.75, 3.05) is 17.7 Å². The van der Waals surface area contributed by atoms with E-state index in [9.17, 15) is 0 Å². The van der Waals surface area contributed by atoms with Crippen LogP contribution in [0.5, 0.6) is 0 Å². The molecule has 0 aromatic carbocycles. The maximum atomic E-state index is 9.03. The van der Waals surface area contributed by atoms with E-state index in [-0.39, 0.29) is 0 Å². The number of pyridine rings is 1. The molecule has 1 aromatic rings. The summed E-state index contributed by atoms with van der Waals surface area (Å²) in [4.78, 5) is 6.51. The van der Waals surface area contributed by atoms with Gasteiger partial charge in [0.15, 0.2) is 5.82 Å². The van der Waals surface area contributed by atoms with Crippen LogP contribution in [-0.4, -0.2) is 18.1 Å². The molecule has 1 fully saturated rings. The molecule has 0 saturated heterocycles. The molecule has 1 aliphatic carbocycles. The van der Waals surface area contributed by atoms with Gasteiger partial charge in [-0.3, -0.25) is 0 Å². The maximum Gasteiger partial charge on any atom is 0.153 e. The van der Waals surface area contributed by atoms with Gasteiger partial charge in [0.2, 0.25) is 0 Å². The SMILES string of the molecule is CCC1CCC(N(C)c2nccc(C#N)c2N)CC1. The summed E-state index contributed by atoms with van der Waals surface area (Å²) < 4.78 is 0. The van der Waals surface area contributed by atoms with Gasteiger partial charge in [0.25, 0.3) is 0 Å². The molecule has 0 radical (unpaired) electrons. The first kappa shape index (κ1) is 13.7. The lowest BCUT2D eigenvalue weighted by Crippen LogP contribution is -2.36. The monoisotopic (exact) mass is 258 g/mol. The smallest absolute Gasteiger partial charge is 0.153 e. The van der Waals surface area contributed by atoms with Crippen LogP contribution in [0.25, 0.3) is 0 Å². The molecule has 0 atom stereocenters. The van der Waals surface area contributed by atoms with E-state index in [4.69, 9.17) is 11.0 Å². The molecule has 2 N–H and O–H groups in total. The van der Waals surface area contributed by atoms with Crippen LogP contribution in [0.4, 0.5) is 11.5 Å². The van der Waals surface area contributed by atoms with Crippen molar-refractivity contribution in [2.24, 2.45) is 5.92 Å². The van der Waals surface area contributed by atoms with Gasteiger partial charge in [0.05, 0.1) is 11.3 Å². The highest BCUT2D eigenvalue weighted by atomic mass is 15.2. The Labute approximate surface area is 115 Å². The summed E-state index contributed by atoms with van der Waals surface area (Å²) in [6.07, 6.45) is 7.88. The number of nitrogens with two attached hydrogens (primary N) is 1. The van der Waals surface area contributed by atoms with Crippen molar-refractivity contribution in [3.63, 3.8) is 0 Å². The fourth-order valence-electron chi connectivity index (χ4n) is 2.95. The Morgan fingerprint density at radius 3 is 2.68 bits per heavy atom.